The van der Waals surface area contributed by atoms with Gasteiger partial charge in [-0.05, 0) is 52.2 Å². The van der Waals surface area contributed by atoms with Crippen LogP contribution >= 0.6 is 0 Å². The van der Waals surface area contributed by atoms with Crippen molar-refractivity contribution < 1.29 is 19.1 Å². The molecule has 34 heavy (non-hydrogen) atoms. The van der Waals surface area contributed by atoms with E-state index in [9.17, 15) is 19.2 Å². The van der Waals surface area contributed by atoms with Gasteiger partial charge in [-0.1, -0.05) is 17.9 Å². The molecule has 180 valence electrons. The van der Waals surface area contributed by atoms with Gasteiger partial charge < -0.3 is 9.64 Å². The number of carbonyl (C=O) groups is 3. The zero-order valence-electron chi connectivity index (χ0n) is 20.0. The zero-order chi connectivity index (χ0) is 24.6. The van der Waals surface area contributed by atoms with Crippen LogP contribution in [-0.2, 0) is 21.4 Å². The van der Waals surface area contributed by atoms with E-state index in [-0.39, 0.29) is 36.4 Å². The van der Waals surface area contributed by atoms with E-state index < -0.39 is 17.6 Å². The molecule has 2 aliphatic rings. The highest BCUT2D eigenvalue weighted by Gasteiger charge is 2.31. The molecule has 4 rings (SSSR count). The number of imidazole rings is 1. The molecule has 0 bridgehead atoms. The third kappa shape index (κ3) is 4.72. The smallest absolute Gasteiger partial charge is 0.410 e. The lowest BCUT2D eigenvalue weighted by atomic mass is 9.97. The standard InChI is InChI=1S/C25H30N4O5/c1-25(2,3)34-24(33)28-14-12-16(13-15-28)8-9-17-6-5-7-18-21(17)27(4)23(32)29(18)19-10-11-20(30)26-22(19)31/h5-7,16,19H,10-15H2,1-4H3,(H,26,30,31)/t19-/m1/s1. The first-order chi connectivity index (χ1) is 16.0. The number of fused-ring (bicyclic) bond motifs is 1. The Bertz CT molecular complexity index is 1260. The number of amides is 3. The molecule has 2 saturated heterocycles. The summed E-state index contributed by atoms with van der Waals surface area (Å²) in [5, 5.41) is 2.32. The molecule has 1 N–H and O–H groups in total. The van der Waals surface area contributed by atoms with Crippen molar-refractivity contribution in [3.8, 4) is 11.8 Å². The normalized spacial score (nSPS) is 19.5. The van der Waals surface area contributed by atoms with Crippen LogP contribution in [0.5, 0.6) is 0 Å². The largest absolute Gasteiger partial charge is 0.444 e. The number of likely N-dealkylation sites (tertiary alicyclic amines) is 1. The number of rotatable bonds is 1. The summed E-state index contributed by atoms with van der Waals surface area (Å²) in [5.74, 6) is 5.89. The van der Waals surface area contributed by atoms with E-state index in [0.29, 0.717) is 29.7 Å². The Kier molecular flexibility index (Phi) is 6.26. The Labute approximate surface area is 198 Å². The maximum atomic E-state index is 13.0. The lowest BCUT2D eigenvalue weighted by Crippen LogP contribution is -2.44. The first kappa shape index (κ1) is 23.6. The van der Waals surface area contributed by atoms with Gasteiger partial charge in [-0.2, -0.15) is 0 Å². The van der Waals surface area contributed by atoms with Crippen LogP contribution in [0.3, 0.4) is 0 Å². The van der Waals surface area contributed by atoms with Crippen LogP contribution in [0, 0.1) is 17.8 Å². The summed E-state index contributed by atoms with van der Waals surface area (Å²) in [7, 11) is 1.66. The van der Waals surface area contributed by atoms with Gasteiger partial charge in [0.15, 0.2) is 0 Å². The monoisotopic (exact) mass is 466 g/mol. The lowest BCUT2D eigenvalue weighted by molar-refractivity contribution is -0.135. The topological polar surface area (TPSA) is 103 Å². The highest BCUT2D eigenvalue weighted by atomic mass is 16.6. The first-order valence-corrected chi connectivity index (χ1v) is 11.6. The van der Waals surface area contributed by atoms with E-state index >= 15 is 0 Å². The SMILES string of the molecule is Cn1c(=O)n([C@@H]2CCC(=O)NC2=O)c2cccc(C#CC3CCN(C(=O)OC(C)(C)C)CC3)c21. The van der Waals surface area contributed by atoms with Gasteiger partial charge in [0.2, 0.25) is 11.8 Å². The molecule has 0 saturated carbocycles. The van der Waals surface area contributed by atoms with Crippen molar-refractivity contribution in [2.24, 2.45) is 13.0 Å². The van der Waals surface area contributed by atoms with Crippen LogP contribution in [0.2, 0.25) is 0 Å². The third-order valence-corrected chi connectivity index (χ3v) is 6.18. The van der Waals surface area contributed by atoms with Crippen molar-refractivity contribution in [2.45, 2.75) is 58.1 Å². The van der Waals surface area contributed by atoms with Crippen molar-refractivity contribution in [1.29, 1.82) is 0 Å². The summed E-state index contributed by atoms with van der Waals surface area (Å²) in [6.07, 6.45) is 1.68. The number of aromatic nitrogens is 2. The molecule has 2 aromatic rings. The Morgan fingerprint density at radius 1 is 1.12 bits per heavy atom. The fourth-order valence-corrected chi connectivity index (χ4v) is 4.48. The van der Waals surface area contributed by atoms with Gasteiger partial charge >= 0.3 is 11.8 Å². The van der Waals surface area contributed by atoms with Crippen LogP contribution in [0.1, 0.15) is 58.1 Å². The number of imide groups is 1. The molecule has 3 heterocycles. The molecule has 0 radical (unpaired) electrons. The van der Waals surface area contributed by atoms with Crippen molar-refractivity contribution >= 4 is 28.9 Å². The first-order valence-electron chi connectivity index (χ1n) is 11.6. The van der Waals surface area contributed by atoms with Gasteiger partial charge in [0.1, 0.15) is 11.6 Å². The maximum absolute atomic E-state index is 13.0. The minimum Gasteiger partial charge on any atom is -0.444 e. The van der Waals surface area contributed by atoms with E-state index in [1.54, 1.807) is 18.0 Å². The molecule has 0 aliphatic carbocycles. The van der Waals surface area contributed by atoms with Crippen LogP contribution in [0.4, 0.5) is 4.79 Å². The molecule has 2 aliphatic heterocycles. The van der Waals surface area contributed by atoms with Gasteiger partial charge in [-0.25, -0.2) is 9.59 Å². The number of nitrogens with one attached hydrogen (secondary N) is 1. The van der Waals surface area contributed by atoms with Crippen molar-refractivity contribution in [3.05, 3.63) is 34.2 Å². The van der Waals surface area contributed by atoms with Gasteiger partial charge in [0, 0.05) is 32.5 Å². The molecule has 0 spiro atoms. The van der Waals surface area contributed by atoms with Crippen molar-refractivity contribution in [3.63, 3.8) is 0 Å². The average Bonchev–Trinajstić information content (AvgIpc) is 3.02. The second kappa shape index (κ2) is 9.01. The molecule has 1 aromatic heterocycles. The Balaban J connectivity index is 1.55. The van der Waals surface area contributed by atoms with E-state index in [1.807, 2.05) is 32.9 Å². The molecule has 9 heteroatoms. The second-order valence-corrected chi connectivity index (χ2v) is 9.86. The van der Waals surface area contributed by atoms with E-state index in [2.05, 4.69) is 17.2 Å². The number of hydrogen-bond acceptors (Lipinski definition) is 5. The Morgan fingerprint density at radius 2 is 1.82 bits per heavy atom. The molecule has 0 unspecified atom stereocenters. The van der Waals surface area contributed by atoms with Crippen LogP contribution < -0.4 is 11.0 Å². The Morgan fingerprint density at radius 3 is 2.47 bits per heavy atom. The molecule has 3 amide bonds. The molecular weight excluding hydrogens is 436 g/mol. The van der Waals surface area contributed by atoms with Crippen LogP contribution in [0.25, 0.3) is 11.0 Å². The molecular formula is C25H30N4O5. The number of benzene rings is 1. The molecule has 1 aromatic carbocycles. The predicted molar refractivity (Wildman–Crippen MR) is 126 cm³/mol. The van der Waals surface area contributed by atoms with Crippen molar-refractivity contribution in [2.75, 3.05) is 13.1 Å². The quantitative estimate of drug-likeness (QED) is 0.513. The van der Waals surface area contributed by atoms with E-state index in [4.69, 9.17) is 4.74 Å². The average molecular weight is 467 g/mol. The predicted octanol–water partition coefficient (Wildman–Crippen LogP) is 2.32. The van der Waals surface area contributed by atoms with Crippen LogP contribution in [-0.4, -0.2) is 50.6 Å². The van der Waals surface area contributed by atoms with E-state index in [1.165, 1.54) is 9.13 Å². The maximum Gasteiger partial charge on any atom is 0.410 e. The minimum atomic E-state index is -0.728. The summed E-state index contributed by atoms with van der Waals surface area (Å²) in [6.45, 7) is 6.73. The summed E-state index contributed by atoms with van der Waals surface area (Å²) in [5.41, 5.74) is 1.15. The summed E-state index contributed by atoms with van der Waals surface area (Å²) >= 11 is 0. The van der Waals surface area contributed by atoms with E-state index in [0.717, 1.165) is 12.8 Å². The lowest BCUT2D eigenvalue weighted by Gasteiger charge is -2.31. The highest BCUT2D eigenvalue weighted by Crippen LogP contribution is 2.25. The van der Waals surface area contributed by atoms with Gasteiger partial charge in [-0.15, -0.1) is 0 Å². The highest BCUT2D eigenvalue weighted by molar-refractivity contribution is 6.00. The number of ether oxygens (including phenoxy) is 1. The number of hydrogen-bond donors (Lipinski definition) is 1. The second-order valence-electron chi connectivity index (χ2n) is 9.86. The van der Waals surface area contributed by atoms with Gasteiger partial charge in [0.05, 0.1) is 16.6 Å². The fraction of sp³-hybridized carbons (Fsp3) is 0.520. The zero-order valence-corrected chi connectivity index (χ0v) is 20.0. The Hall–Kier alpha value is -3.54. The van der Waals surface area contributed by atoms with Crippen molar-refractivity contribution in [1.82, 2.24) is 19.4 Å². The van der Waals surface area contributed by atoms with Gasteiger partial charge in [-0.3, -0.25) is 24.0 Å². The fourth-order valence-electron chi connectivity index (χ4n) is 4.48. The third-order valence-electron chi connectivity index (χ3n) is 6.18. The summed E-state index contributed by atoms with van der Waals surface area (Å²) in [6, 6.07) is 4.75. The number of aryl methyl sites for hydroxylation is 1. The molecule has 2 fully saturated rings. The summed E-state index contributed by atoms with van der Waals surface area (Å²) in [4.78, 5) is 51.0. The number of nitrogens with zero attached hydrogens (tertiary/aromatic N) is 3. The number of piperidine rings is 2. The summed E-state index contributed by atoms with van der Waals surface area (Å²) < 4.78 is 8.42. The van der Waals surface area contributed by atoms with Crippen LogP contribution in [0.15, 0.2) is 23.0 Å². The number of carbonyl (C=O) groups excluding carboxylic acids is 3. The minimum absolute atomic E-state index is 0.128. The number of para-hydroxylation sites is 1. The molecule has 9 nitrogen and oxygen atoms in total. The van der Waals surface area contributed by atoms with Gasteiger partial charge in [0.25, 0.3) is 0 Å². The molecule has 1 atom stereocenters.